The molecule has 0 spiro atoms. The summed E-state index contributed by atoms with van der Waals surface area (Å²) in [5.74, 6) is 0.308. The standard InChI is InChI=1S/C12H20N2O2/c1-9(13-11(15)10-5-6-10)12(16)14-7-3-2-4-8-14/h9-10H,2-8H2,1H3,(H,13,15)/t9-/m1/s1. The molecule has 0 bridgehead atoms. The number of hydrogen-bond acceptors (Lipinski definition) is 2. The van der Waals surface area contributed by atoms with Gasteiger partial charge in [0.05, 0.1) is 0 Å². The molecule has 0 aromatic heterocycles. The predicted octanol–water partition coefficient (Wildman–Crippen LogP) is 0.914. The number of amides is 2. The Morgan fingerprint density at radius 1 is 1.19 bits per heavy atom. The Morgan fingerprint density at radius 2 is 1.81 bits per heavy atom. The highest BCUT2D eigenvalue weighted by Gasteiger charge is 2.32. The van der Waals surface area contributed by atoms with Crippen LogP contribution in [0.2, 0.25) is 0 Å². The monoisotopic (exact) mass is 224 g/mol. The molecule has 2 aliphatic rings. The van der Waals surface area contributed by atoms with Crippen molar-refractivity contribution in [3.05, 3.63) is 0 Å². The van der Waals surface area contributed by atoms with Gasteiger partial charge in [-0.05, 0) is 39.0 Å². The highest BCUT2D eigenvalue weighted by molar-refractivity contribution is 5.89. The lowest BCUT2D eigenvalue weighted by atomic mass is 10.1. The zero-order valence-corrected chi connectivity index (χ0v) is 9.87. The summed E-state index contributed by atoms with van der Waals surface area (Å²) in [6, 6.07) is -0.355. The summed E-state index contributed by atoms with van der Waals surface area (Å²) in [5.41, 5.74) is 0. The first-order valence-corrected chi connectivity index (χ1v) is 6.27. The Bertz CT molecular complexity index is 281. The zero-order valence-electron chi connectivity index (χ0n) is 9.87. The van der Waals surface area contributed by atoms with Crippen LogP contribution >= 0.6 is 0 Å². The molecule has 2 fully saturated rings. The number of carbonyl (C=O) groups is 2. The minimum absolute atomic E-state index is 0.0536. The van der Waals surface area contributed by atoms with E-state index in [1.165, 1.54) is 6.42 Å². The SMILES string of the molecule is C[C@@H](NC(=O)C1CC1)C(=O)N1CCCCC1. The molecule has 4 heteroatoms. The largest absolute Gasteiger partial charge is 0.344 e. The number of nitrogens with zero attached hydrogens (tertiary/aromatic N) is 1. The molecule has 0 unspecified atom stereocenters. The molecule has 2 amide bonds. The molecule has 16 heavy (non-hydrogen) atoms. The molecule has 2 rings (SSSR count). The fourth-order valence-corrected chi connectivity index (χ4v) is 2.13. The van der Waals surface area contributed by atoms with Gasteiger partial charge in [0.15, 0.2) is 0 Å². The number of piperidine rings is 1. The van der Waals surface area contributed by atoms with E-state index in [0.717, 1.165) is 38.8 Å². The molecule has 1 N–H and O–H groups in total. The average Bonchev–Trinajstić information content (AvgIpc) is 3.13. The van der Waals surface area contributed by atoms with Crippen LogP contribution in [0.15, 0.2) is 0 Å². The summed E-state index contributed by atoms with van der Waals surface area (Å²) in [6.45, 7) is 3.49. The lowest BCUT2D eigenvalue weighted by molar-refractivity contribution is -0.137. The van der Waals surface area contributed by atoms with E-state index in [1.807, 2.05) is 4.90 Å². The predicted molar refractivity (Wildman–Crippen MR) is 60.8 cm³/mol. The van der Waals surface area contributed by atoms with Crippen LogP contribution in [0.1, 0.15) is 39.0 Å². The lowest BCUT2D eigenvalue weighted by Gasteiger charge is -2.29. The first-order chi connectivity index (χ1) is 7.68. The van der Waals surface area contributed by atoms with Crippen molar-refractivity contribution in [2.75, 3.05) is 13.1 Å². The summed E-state index contributed by atoms with van der Waals surface area (Å²) in [6.07, 6.45) is 5.36. The van der Waals surface area contributed by atoms with Gasteiger partial charge in [-0.2, -0.15) is 0 Å². The topological polar surface area (TPSA) is 49.4 Å². The first-order valence-electron chi connectivity index (χ1n) is 6.27. The number of carbonyl (C=O) groups excluding carboxylic acids is 2. The van der Waals surface area contributed by atoms with Gasteiger partial charge in [0.25, 0.3) is 0 Å². The minimum atomic E-state index is -0.355. The fourth-order valence-electron chi connectivity index (χ4n) is 2.13. The zero-order chi connectivity index (χ0) is 11.5. The van der Waals surface area contributed by atoms with Crippen molar-refractivity contribution in [1.82, 2.24) is 10.2 Å². The van der Waals surface area contributed by atoms with Crippen LogP contribution in [0.3, 0.4) is 0 Å². The molecule has 1 saturated carbocycles. The first kappa shape index (κ1) is 11.4. The van der Waals surface area contributed by atoms with E-state index in [9.17, 15) is 9.59 Å². The second kappa shape index (κ2) is 4.85. The quantitative estimate of drug-likeness (QED) is 0.774. The van der Waals surface area contributed by atoms with E-state index in [-0.39, 0.29) is 23.8 Å². The maximum Gasteiger partial charge on any atom is 0.244 e. The maximum atomic E-state index is 12.0. The van der Waals surface area contributed by atoms with E-state index >= 15 is 0 Å². The third kappa shape index (κ3) is 2.74. The minimum Gasteiger partial charge on any atom is -0.344 e. The van der Waals surface area contributed by atoms with Crippen LogP contribution in [0, 0.1) is 5.92 Å². The van der Waals surface area contributed by atoms with E-state index in [4.69, 9.17) is 0 Å². The van der Waals surface area contributed by atoms with Crippen molar-refractivity contribution in [3.63, 3.8) is 0 Å². The average molecular weight is 224 g/mol. The number of rotatable bonds is 3. The van der Waals surface area contributed by atoms with Crippen molar-refractivity contribution < 1.29 is 9.59 Å². The molecule has 1 atom stereocenters. The molecule has 1 saturated heterocycles. The molecule has 0 aromatic carbocycles. The Labute approximate surface area is 96.4 Å². The van der Waals surface area contributed by atoms with E-state index < -0.39 is 0 Å². The molecule has 4 nitrogen and oxygen atoms in total. The van der Waals surface area contributed by atoms with Crippen molar-refractivity contribution in [1.29, 1.82) is 0 Å². The fraction of sp³-hybridized carbons (Fsp3) is 0.833. The van der Waals surface area contributed by atoms with Gasteiger partial charge >= 0.3 is 0 Å². The van der Waals surface area contributed by atoms with Gasteiger partial charge < -0.3 is 10.2 Å². The van der Waals surface area contributed by atoms with E-state index in [1.54, 1.807) is 6.92 Å². The number of likely N-dealkylation sites (tertiary alicyclic amines) is 1. The number of hydrogen-bond donors (Lipinski definition) is 1. The molecule has 1 aliphatic heterocycles. The highest BCUT2D eigenvalue weighted by atomic mass is 16.2. The van der Waals surface area contributed by atoms with E-state index in [2.05, 4.69) is 5.32 Å². The summed E-state index contributed by atoms with van der Waals surface area (Å²) in [7, 11) is 0. The van der Waals surface area contributed by atoms with Crippen LogP contribution in [-0.2, 0) is 9.59 Å². The van der Waals surface area contributed by atoms with Gasteiger partial charge in [0.1, 0.15) is 6.04 Å². The van der Waals surface area contributed by atoms with E-state index in [0.29, 0.717) is 0 Å². The van der Waals surface area contributed by atoms with Crippen LogP contribution in [-0.4, -0.2) is 35.8 Å². The molecule has 1 heterocycles. The van der Waals surface area contributed by atoms with Crippen molar-refractivity contribution in [2.24, 2.45) is 5.92 Å². The Hall–Kier alpha value is -1.06. The molecular weight excluding hydrogens is 204 g/mol. The van der Waals surface area contributed by atoms with Gasteiger partial charge in [-0.3, -0.25) is 9.59 Å². The van der Waals surface area contributed by atoms with Crippen LogP contribution in [0.5, 0.6) is 0 Å². The summed E-state index contributed by atoms with van der Waals surface area (Å²) >= 11 is 0. The third-order valence-electron chi connectivity index (χ3n) is 3.35. The van der Waals surface area contributed by atoms with Gasteiger partial charge in [0, 0.05) is 19.0 Å². The molecule has 1 aliphatic carbocycles. The molecule has 0 radical (unpaired) electrons. The summed E-state index contributed by atoms with van der Waals surface area (Å²) in [4.78, 5) is 25.4. The van der Waals surface area contributed by atoms with Crippen molar-refractivity contribution in [3.8, 4) is 0 Å². The van der Waals surface area contributed by atoms with Crippen molar-refractivity contribution in [2.45, 2.75) is 45.1 Å². The van der Waals surface area contributed by atoms with Crippen LogP contribution < -0.4 is 5.32 Å². The number of nitrogens with one attached hydrogen (secondary N) is 1. The molecule has 90 valence electrons. The second-order valence-electron chi connectivity index (χ2n) is 4.89. The van der Waals surface area contributed by atoms with Gasteiger partial charge in [-0.15, -0.1) is 0 Å². The summed E-state index contributed by atoms with van der Waals surface area (Å²) < 4.78 is 0. The van der Waals surface area contributed by atoms with Crippen LogP contribution in [0.4, 0.5) is 0 Å². The van der Waals surface area contributed by atoms with Gasteiger partial charge in [0.2, 0.25) is 11.8 Å². The lowest BCUT2D eigenvalue weighted by Crippen LogP contribution is -2.48. The summed E-state index contributed by atoms with van der Waals surface area (Å²) in [5, 5.41) is 2.81. The smallest absolute Gasteiger partial charge is 0.244 e. The molecule has 0 aromatic rings. The third-order valence-corrected chi connectivity index (χ3v) is 3.35. The Morgan fingerprint density at radius 3 is 2.38 bits per heavy atom. The van der Waals surface area contributed by atoms with Gasteiger partial charge in [-0.25, -0.2) is 0 Å². The highest BCUT2D eigenvalue weighted by Crippen LogP contribution is 2.28. The van der Waals surface area contributed by atoms with Crippen molar-refractivity contribution >= 4 is 11.8 Å². The Kier molecular flexibility index (Phi) is 3.46. The molecular formula is C12H20N2O2. The van der Waals surface area contributed by atoms with Crippen LogP contribution in [0.25, 0.3) is 0 Å². The van der Waals surface area contributed by atoms with Gasteiger partial charge in [-0.1, -0.05) is 0 Å². The normalized spacial score (nSPS) is 22.7. The second-order valence-corrected chi connectivity index (χ2v) is 4.89. The maximum absolute atomic E-state index is 12.0. The Balaban J connectivity index is 1.80.